The molecule has 0 atom stereocenters. The Morgan fingerprint density at radius 1 is 1.19 bits per heavy atom. The molecule has 4 rings (SSSR count). The van der Waals surface area contributed by atoms with Crippen molar-refractivity contribution >= 4 is 27.9 Å². The lowest BCUT2D eigenvalue weighted by molar-refractivity contribution is -0.137. The number of hydrogen-bond acceptors (Lipinski definition) is 4. The van der Waals surface area contributed by atoms with E-state index in [1.54, 1.807) is 0 Å². The Morgan fingerprint density at radius 2 is 1.94 bits per heavy atom. The minimum Gasteiger partial charge on any atom is -0.495 e. The normalized spacial score (nSPS) is 11.6. The summed E-state index contributed by atoms with van der Waals surface area (Å²) < 4.78 is 46.0. The standard InChI is InChI=1S/C22H18F3N3O2S/c1-13-3-5-14(6-4-13)18-11-28-16(12-31-21(28)27-18)10-20(29)26-17-9-15(22(23,24)25)7-8-19(17)30-2/h3-9,11-12H,10H2,1-2H3,(H,26,29). The first-order valence-electron chi connectivity index (χ1n) is 9.32. The van der Waals surface area contributed by atoms with Crippen molar-refractivity contribution < 1.29 is 22.7 Å². The Hall–Kier alpha value is -3.33. The Balaban J connectivity index is 1.56. The van der Waals surface area contributed by atoms with Gasteiger partial charge in [0, 0.05) is 22.8 Å². The van der Waals surface area contributed by atoms with Crippen molar-refractivity contribution in [3.05, 3.63) is 70.9 Å². The van der Waals surface area contributed by atoms with Crippen molar-refractivity contribution in [2.75, 3.05) is 12.4 Å². The van der Waals surface area contributed by atoms with E-state index in [2.05, 4.69) is 10.3 Å². The summed E-state index contributed by atoms with van der Waals surface area (Å²) in [6, 6.07) is 10.9. The number of benzene rings is 2. The third kappa shape index (κ3) is 4.41. The summed E-state index contributed by atoms with van der Waals surface area (Å²) in [5, 5.41) is 4.34. The van der Waals surface area contributed by atoms with Gasteiger partial charge in [-0.3, -0.25) is 9.20 Å². The quantitative estimate of drug-likeness (QED) is 0.436. The summed E-state index contributed by atoms with van der Waals surface area (Å²) in [5.41, 5.74) is 2.69. The summed E-state index contributed by atoms with van der Waals surface area (Å²) in [4.78, 5) is 17.9. The van der Waals surface area contributed by atoms with E-state index >= 15 is 0 Å². The molecule has 31 heavy (non-hydrogen) atoms. The molecule has 0 saturated carbocycles. The number of imidazole rings is 1. The molecule has 5 nitrogen and oxygen atoms in total. The van der Waals surface area contributed by atoms with Gasteiger partial charge in [-0.15, -0.1) is 11.3 Å². The fourth-order valence-electron chi connectivity index (χ4n) is 3.16. The van der Waals surface area contributed by atoms with Crippen LogP contribution in [0, 0.1) is 6.92 Å². The van der Waals surface area contributed by atoms with Crippen LogP contribution in [0.15, 0.2) is 54.0 Å². The number of hydrogen-bond donors (Lipinski definition) is 1. The van der Waals surface area contributed by atoms with Crippen LogP contribution in [0.1, 0.15) is 16.8 Å². The minimum absolute atomic E-state index is 0.0247. The molecule has 0 aliphatic carbocycles. The Kier molecular flexibility index (Phi) is 5.45. The number of rotatable bonds is 5. The van der Waals surface area contributed by atoms with Crippen LogP contribution in [-0.2, 0) is 17.4 Å². The van der Waals surface area contributed by atoms with Gasteiger partial charge in [-0.1, -0.05) is 29.8 Å². The second-order valence-electron chi connectivity index (χ2n) is 7.01. The monoisotopic (exact) mass is 445 g/mol. The van der Waals surface area contributed by atoms with Gasteiger partial charge >= 0.3 is 6.18 Å². The molecule has 2 aromatic heterocycles. The SMILES string of the molecule is COc1ccc(C(F)(F)F)cc1NC(=O)Cc1csc2nc(-c3ccc(C)cc3)cn12. The zero-order valence-corrected chi connectivity index (χ0v) is 17.5. The summed E-state index contributed by atoms with van der Waals surface area (Å²) in [5.74, 6) is -0.302. The van der Waals surface area contributed by atoms with Crippen LogP contribution in [-0.4, -0.2) is 22.4 Å². The van der Waals surface area contributed by atoms with E-state index in [0.29, 0.717) is 5.69 Å². The van der Waals surface area contributed by atoms with Gasteiger partial charge in [0.15, 0.2) is 4.96 Å². The molecule has 4 aromatic rings. The molecular weight excluding hydrogens is 427 g/mol. The number of fused-ring (bicyclic) bond motifs is 1. The maximum absolute atomic E-state index is 13.0. The molecule has 1 amide bonds. The van der Waals surface area contributed by atoms with Crippen molar-refractivity contribution in [3.8, 4) is 17.0 Å². The zero-order chi connectivity index (χ0) is 22.2. The van der Waals surface area contributed by atoms with Crippen LogP contribution < -0.4 is 10.1 Å². The number of aryl methyl sites for hydroxylation is 1. The highest BCUT2D eigenvalue weighted by atomic mass is 32.1. The van der Waals surface area contributed by atoms with E-state index in [9.17, 15) is 18.0 Å². The first-order valence-corrected chi connectivity index (χ1v) is 10.2. The average molecular weight is 445 g/mol. The first kappa shape index (κ1) is 20.9. The van der Waals surface area contributed by atoms with Crippen molar-refractivity contribution in [2.24, 2.45) is 0 Å². The second-order valence-corrected chi connectivity index (χ2v) is 7.85. The summed E-state index contributed by atoms with van der Waals surface area (Å²) in [6.45, 7) is 2.01. The predicted molar refractivity (Wildman–Crippen MR) is 114 cm³/mol. The van der Waals surface area contributed by atoms with E-state index in [0.717, 1.165) is 33.9 Å². The van der Waals surface area contributed by atoms with Crippen LogP contribution in [0.4, 0.5) is 18.9 Å². The highest BCUT2D eigenvalue weighted by molar-refractivity contribution is 7.15. The molecule has 0 spiro atoms. The third-order valence-electron chi connectivity index (χ3n) is 4.77. The number of nitrogens with one attached hydrogen (secondary N) is 1. The fraction of sp³-hybridized carbons (Fsp3) is 0.182. The number of methoxy groups -OCH3 is 1. The van der Waals surface area contributed by atoms with Crippen molar-refractivity contribution in [2.45, 2.75) is 19.5 Å². The van der Waals surface area contributed by atoms with Gasteiger partial charge in [0.2, 0.25) is 5.91 Å². The van der Waals surface area contributed by atoms with Crippen LogP contribution in [0.25, 0.3) is 16.2 Å². The molecule has 2 aromatic carbocycles. The van der Waals surface area contributed by atoms with Crippen LogP contribution >= 0.6 is 11.3 Å². The van der Waals surface area contributed by atoms with Gasteiger partial charge < -0.3 is 10.1 Å². The molecule has 0 unspecified atom stereocenters. The van der Waals surface area contributed by atoms with E-state index in [1.807, 2.05) is 47.2 Å². The van der Waals surface area contributed by atoms with E-state index in [4.69, 9.17) is 4.74 Å². The maximum Gasteiger partial charge on any atom is 0.416 e. The highest BCUT2D eigenvalue weighted by Crippen LogP contribution is 2.35. The number of amides is 1. The maximum atomic E-state index is 13.0. The van der Waals surface area contributed by atoms with Crippen LogP contribution in [0.3, 0.4) is 0 Å². The fourth-order valence-corrected chi connectivity index (χ4v) is 4.03. The summed E-state index contributed by atoms with van der Waals surface area (Å²) in [7, 11) is 1.33. The van der Waals surface area contributed by atoms with Crippen molar-refractivity contribution in [1.29, 1.82) is 0 Å². The van der Waals surface area contributed by atoms with Gasteiger partial charge in [0.1, 0.15) is 5.75 Å². The average Bonchev–Trinajstić information content (AvgIpc) is 3.30. The Bertz CT molecular complexity index is 1240. The molecule has 0 radical (unpaired) electrons. The number of alkyl halides is 3. The number of aromatic nitrogens is 2. The number of ether oxygens (including phenoxy) is 1. The number of carbonyl (C=O) groups excluding carboxylic acids is 1. The summed E-state index contributed by atoms with van der Waals surface area (Å²) in [6.07, 6.45) is -2.69. The largest absolute Gasteiger partial charge is 0.495 e. The van der Waals surface area contributed by atoms with E-state index in [-0.39, 0.29) is 17.9 Å². The predicted octanol–water partition coefficient (Wildman–Crippen LogP) is 5.58. The van der Waals surface area contributed by atoms with Gasteiger partial charge in [0.05, 0.1) is 30.5 Å². The zero-order valence-electron chi connectivity index (χ0n) is 16.7. The molecular formula is C22H18F3N3O2S. The third-order valence-corrected chi connectivity index (χ3v) is 5.66. The lowest BCUT2D eigenvalue weighted by Crippen LogP contribution is -2.16. The molecule has 1 N–H and O–H groups in total. The number of nitrogens with zero attached hydrogens (tertiary/aromatic N) is 2. The highest BCUT2D eigenvalue weighted by Gasteiger charge is 2.31. The number of thiazole rings is 1. The van der Waals surface area contributed by atoms with Crippen LogP contribution in [0.5, 0.6) is 5.75 Å². The number of halogens is 3. The van der Waals surface area contributed by atoms with Crippen molar-refractivity contribution in [1.82, 2.24) is 9.38 Å². The molecule has 0 bridgehead atoms. The molecule has 160 valence electrons. The Morgan fingerprint density at radius 3 is 2.61 bits per heavy atom. The number of carbonyl (C=O) groups is 1. The first-order chi connectivity index (χ1) is 14.7. The molecule has 2 heterocycles. The molecule has 0 aliphatic rings. The van der Waals surface area contributed by atoms with Gasteiger partial charge in [-0.2, -0.15) is 13.2 Å². The Labute approximate surface area is 180 Å². The number of anilines is 1. The van der Waals surface area contributed by atoms with Crippen molar-refractivity contribution in [3.63, 3.8) is 0 Å². The van der Waals surface area contributed by atoms with Gasteiger partial charge in [0.25, 0.3) is 0 Å². The second kappa shape index (κ2) is 8.07. The van der Waals surface area contributed by atoms with E-state index < -0.39 is 17.6 Å². The lowest BCUT2D eigenvalue weighted by Gasteiger charge is -2.13. The molecule has 0 fully saturated rings. The van der Waals surface area contributed by atoms with Gasteiger partial charge in [-0.05, 0) is 25.1 Å². The van der Waals surface area contributed by atoms with Crippen LogP contribution in [0.2, 0.25) is 0 Å². The summed E-state index contributed by atoms with van der Waals surface area (Å²) >= 11 is 1.39. The smallest absolute Gasteiger partial charge is 0.416 e. The molecule has 0 saturated heterocycles. The minimum atomic E-state index is -4.52. The van der Waals surface area contributed by atoms with E-state index in [1.165, 1.54) is 24.5 Å². The topological polar surface area (TPSA) is 55.6 Å². The molecule has 9 heteroatoms. The molecule has 0 aliphatic heterocycles. The van der Waals surface area contributed by atoms with Gasteiger partial charge in [-0.25, -0.2) is 4.98 Å². The lowest BCUT2D eigenvalue weighted by atomic mass is 10.1.